The summed E-state index contributed by atoms with van der Waals surface area (Å²) < 4.78 is 0. The lowest BCUT2D eigenvalue weighted by atomic mass is 10.0. The van der Waals surface area contributed by atoms with Crippen LogP contribution in [0.1, 0.15) is 28.8 Å². The Bertz CT molecular complexity index is 502. The smallest absolute Gasteiger partial charge is 0.335 e. The molecule has 2 rings (SSSR count). The second-order valence-corrected chi connectivity index (χ2v) is 5.28. The third-order valence-electron chi connectivity index (χ3n) is 3.63. The van der Waals surface area contributed by atoms with Crippen molar-refractivity contribution in [1.29, 1.82) is 0 Å². The minimum atomic E-state index is -0.883. The van der Waals surface area contributed by atoms with Gasteiger partial charge in [-0.3, -0.25) is 4.79 Å². The molecule has 108 valence electrons. The molecule has 1 fully saturated rings. The van der Waals surface area contributed by atoms with Crippen molar-refractivity contribution < 1.29 is 14.7 Å². The minimum Gasteiger partial charge on any atom is -0.478 e. The van der Waals surface area contributed by atoms with Crippen LogP contribution in [0.3, 0.4) is 0 Å². The molecule has 0 spiro atoms. The Hall–Kier alpha value is -1.88. The molecule has 1 heterocycles. The molecule has 0 bridgehead atoms. The van der Waals surface area contributed by atoms with E-state index in [4.69, 9.17) is 5.11 Å². The monoisotopic (exact) mass is 276 g/mol. The topological polar surface area (TPSA) is 69.6 Å². The number of nitrogens with zero attached hydrogens (tertiary/aromatic N) is 1. The summed E-state index contributed by atoms with van der Waals surface area (Å²) in [5, 5.41) is 12.1. The zero-order valence-corrected chi connectivity index (χ0v) is 11.6. The zero-order chi connectivity index (χ0) is 14.5. The number of hydrogen-bond donors (Lipinski definition) is 2. The third-order valence-corrected chi connectivity index (χ3v) is 3.63. The molecule has 1 aromatic carbocycles. The minimum absolute atomic E-state index is 0.125. The van der Waals surface area contributed by atoms with Gasteiger partial charge in [0, 0.05) is 25.6 Å². The second kappa shape index (κ2) is 6.52. The van der Waals surface area contributed by atoms with Gasteiger partial charge >= 0.3 is 5.97 Å². The lowest BCUT2D eigenvalue weighted by molar-refractivity contribution is -0.119. The van der Waals surface area contributed by atoms with Gasteiger partial charge < -0.3 is 15.3 Å². The number of carbonyl (C=O) groups is 2. The summed E-state index contributed by atoms with van der Waals surface area (Å²) in [7, 11) is 1.99. The number of rotatable bonds is 6. The highest BCUT2D eigenvalue weighted by molar-refractivity contribution is 5.89. The summed E-state index contributed by atoms with van der Waals surface area (Å²) in [4.78, 5) is 24.4. The van der Waals surface area contributed by atoms with Crippen molar-refractivity contribution in [2.45, 2.75) is 25.3 Å². The van der Waals surface area contributed by atoms with E-state index in [1.54, 1.807) is 12.1 Å². The van der Waals surface area contributed by atoms with E-state index in [1.165, 1.54) is 0 Å². The molecule has 0 radical (unpaired) electrons. The molecule has 1 unspecified atom stereocenters. The van der Waals surface area contributed by atoms with Crippen LogP contribution in [0.15, 0.2) is 24.3 Å². The van der Waals surface area contributed by atoms with Crippen molar-refractivity contribution in [2.75, 3.05) is 20.1 Å². The van der Waals surface area contributed by atoms with Gasteiger partial charge in [0.1, 0.15) is 0 Å². The average molecular weight is 276 g/mol. The number of carbonyl (C=O) groups excluding carboxylic acids is 1. The largest absolute Gasteiger partial charge is 0.478 e. The maximum atomic E-state index is 11.1. The van der Waals surface area contributed by atoms with E-state index < -0.39 is 5.97 Å². The maximum Gasteiger partial charge on any atom is 0.335 e. The van der Waals surface area contributed by atoms with Crippen LogP contribution in [0.4, 0.5) is 0 Å². The van der Waals surface area contributed by atoms with Crippen molar-refractivity contribution in [3.05, 3.63) is 35.4 Å². The lowest BCUT2D eigenvalue weighted by Crippen LogP contribution is -2.37. The molecular weight excluding hydrogens is 256 g/mol. The highest BCUT2D eigenvalue weighted by Gasteiger charge is 2.21. The van der Waals surface area contributed by atoms with Gasteiger partial charge in [-0.2, -0.15) is 0 Å². The summed E-state index contributed by atoms with van der Waals surface area (Å²) in [6.07, 6.45) is 2.19. The Morgan fingerprint density at radius 2 is 2.20 bits per heavy atom. The van der Waals surface area contributed by atoms with Gasteiger partial charge in [-0.15, -0.1) is 0 Å². The first kappa shape index (κ1) is 14.5. The maximum absolute atomic E-state index is 11.1. The van der Waals surface area contributed by atoms with Crippen LogP contribution in [0.5, 0.6) is 0 Å². The fourth-order valence-electron chi connectivity index (χ4n) is 2.54. The fourth-order valence-corrected chi connectivity index (χ4v) is 2.54. The van der Waals surface area contributed by atoms with E-state index in [9.17, 15) is 9.59 Å². The zero-order valence-electron chi connectivity index (χ0n) is 11.6. The van der Waals surface area contributed by atoms with E-state index in [1.807, 2.05) is 19.2 Å². The standard InChI is InChI=1S/C15H20N2O3/c1-17(10-12-6-7-14(18)16-12)9-8-11-4-2-3-5-13(11)15(19)20/h2-5,12H,6-10H2,1H3,(H,16,18)(H,19,20). The quantitative estimate of drug-likeness (QED) is 0.817. The number of amides is 1. The number of carboxylic acid groups (broad SMARTS) is 1. The number of carboxylic acids is 1. The molecule has 1 aliphatic heterocycles. The van der Waals surface area contributed by atoms with Crippen LogP contribution >= 0.6 is 0 Å². The summed E-state index contributed by atoms with van der Waals surface area (Å²) >= 11 is 0. The summed E-state index contributed by atoms with van der Waals surface area (Å²) in [6.45, 7) is 1.58. The number of likely N-dealkylation sites (N-methyl/N-ethyl adjacent to an activating group) is 1. The number of hydrogen-bond acceptors (Lipinski definition) is 3. The van der Waals surface area contributed by atoms with E-state index in [2.05, 4.69) is 10.2 Å². The van der Waals surface area contributed by atoms with Crippen molar-refractivity contribution >= 4 is 11.9 Å². The van der Waals surface area contributed by atoms with Crippen molar-refractivity contribution in [3.8, 4) is 0 Å². The van der Waals surface area contributed by atoms with Crippen LogP contribution in [-0.4, -0.2) is 48.1 Å². The Labute approximate surface area is 118 Å². The number of aromatic carboxylic acids is 1. The molecule has 1 amide bonds. The average Bonchev–Trinajstić information content (AvgIpc) is 2.82. The first-order chi connectivity index (χ1) is 9.56. The molecule has 0 aliphatic carbocycles. The highest BCUT2D eigenvalue weighted by atomic mass is 16.4. The van der Waals surface area contributed by atoms with Crippen LogP contribution in [0, 0.1) is 0 Å². The van der Waals surface area contributed by atoms with E-state index >= 15 is 0 Å². The predicted octanol–water partition coefficient (Wildman–Crippen LogP) is 1.14. The highest BCUT2D eigenvalue weighted by Crippen LogP contribution is 2.11. The fraction of sp³-hybridized carbons (Fsp3) is 0.467. The second-order valence-electron chi connectivity index (χ2n) is 5.28. The Kier molecular flexibility index (Phi) is 4.74. The first-order valence-electron chi connectivity index (χ1n) is 6.85. The molecule has 5 heteroatoms. The van der Waals surface area contributed by atoms with Crippen LogP contribution in [0.25, 0.3) is 0 Å². The molecule has 1 atom stereocenters. The summed E-state index contributed by atoms with van der Waals surface area (Å²) in [5.74, 6) is -0.758. The summed E-state index contributed by atoms with van der Waals surface area (Å²) in [6, 6.07) is 7.31. The SMILES string of the molecule is CN(CCc1ccccc1C(=O)O)CC1CCC(=O)N1. The van der Waals surface area contributed by atoms with Crippen molar-refractivity contribution in [1.82, 2.24) is 10.2 Å². The summed E-state index contributed by atoms with van der Waals surface area (Å²) in [5.41, 5.74) is 1.22. The van der Waals surface area contributed by atoms with Crippen LogP contribution in [-0.2, 0) is 11.2 Å². The van der Waals surface area contributed by atoms with Crippen LogP contribution in [0.2, 0.25) is 0 Å². The molecule has 5 nitrogen and oxygen atoms in total. The first-order valence-corrected chi connectivity index (χ1v) is 6.85. The van der Waals surface area contributed by atoms with Gasteiger partial charge in [-0.05, 0) is 31.5 Å². The van der Waals surface area contributed by atoms with Gasteiger partial charge in [0.25, 0.3) is 0 Å². The number of nitrogens with one attached hydrogen (secondary N) is 1. The third kappa shape index (κ3) is 3.81. The van der Waals surface area contributed by atoms with Gasteiger partial charge in [0.15, 0.2) is 0 Å². The van der Waals surface area contributed by atoms with Gasteiger partial charge in [-0.1, -0.05) is 18.2 Å². The molecule has 20 heavy (non-hydrogen) atoms. The normalized spacial score (nSPS) is 18.3. The van der Waals surface area contributed by atoms with E-state index in [0.29, 0.717) is 18.4 Å². The Morgan fingerprint density at radius 1 is 1.45 bits per heavy atom. The van der Waals surface area contributed by atoms with Crippen molar-refractivity contribution in [3.63, 3.8) is 0 Å². The Morgan fingerprint density at radius 3 is 2.85 bits per heavy atom. The Balaban J connectivity index is 1.85. The molecule has 0 saturated carbocycles. The molecule has 2 N–H and O–H groups in total. The number of benzene rings is 1. The van der Waals surface area contributed by atoms with Gasteiger partial charge in [-0.25, -0.2) is 4.79 Å². The van der Waals surface area contributed by atoms with E-state index in [0.717, 1.165) is 25.1 Å². The van der Waals surface area contributed by atoms with Gasteiger partial charge in [0.2, 0.25) is 5.91 Å². The van der Waals surface area contributed by atoms with Crippen LogP contribution < -0.4 is 5.32 Å². The molecule has 1 aliphatic rings. The van der Waals surface area contributed by atoms with E-state index in [-0.39, 0.29) is 11.9 Å². The van der Waals surface area contributed by atoms with Gasteiger partial charge in [0.05, 0.1) is 5.56 Å². The molecule has 0 aromatic heterocycles. The molecular formula is C15H20N2O3. The lowest BCUT2D eigenvalue weighted by Gasteiger charge is -2.21. The molecule has 1 aromatic rings. The van der Waals surface area contributed by atoms with Crippen molar-refractivity contribution in [2.24, 2.45) is 0 Å². The molecule has 1 saturated heterocycles. The predicted molar refractivity (Wildman–Crippen MR) is 75.8 cm³/mol.